The molecular weight excluding hydrogens is 144 g/mol. The van der Waals surface area contributed by atoms with Gasteiger partial charge in [0.2, 0.25) is 0 Å². The molecule has 2 rings (SSSR count). The highest BCUT2D eigenvalue weighted by Gasteiger charge is 2.46. The fourth-order valence-electron chi connectivity index (χ4n) is 2.44. The molecule has 0 amide bonds. The quantitative estimate of drug-likeness (QED) is 0.491. The average molecular weight is 158 g/mol. The van der Waals surface area contributed by atoms with Crippen LogP contribution in [0.15, 0.2) is 0 Å². The first-order valence-corrected chi connectivity index (χ1v) is 5.54. The Bertz CT molecular complexity index is 123. The molecule has 4 atom stereocenters. The molecule has 2 heteroatoms. The Morgan fingerprint density at radius 3 is 2.90 bits per heavy atom. The van der Waals surface area contributed by atoms with Crippen LogP contribution in [0.3, 0.4) is 0 Å². The van der Waals surface area contributed by atoms with E-state index in [-0.39, 0.29) is 0 Å². The second kappa shape index (κ2) is 2.42. The third kappa shape index (κ3) is 0.892. The highest BCUT2D eigenvalue weighted by Crippen LogP contribution is 2.42. The first kappa shape index (κ1) is 6.99. The third-order valence-corrected chi connectivity index (χ3v) is 5.11. The smallest absolute Gasteiger partial charge is 0.118 e. The summed E-state index contributed by atoms with van der Waals surface area (Å²) in [5.41, 5.74) is 0. The molecule has 10 heavy (non-hydrogen) atoms. The first-order chi connectivity index (χ1) is 4.79. The molecule has 4 unspecified atom stereocenters. The summed E-state index contributed by atoms with van der Waals surface area (Å²) >= 11 is -0.458. The number of hydrogen-bond donors (Lipinski definition) is 0. The van der Waals surface area contributed by atoms with Crippen molar-refractivity contribution in [3.63, 3.8) is 0 Å². The molecule has 0 bridgehead atoms. The van der Waals surface area contributed by atoms with E-state index in [1.807, 2.05) is 0 Å². The lowest BCUT2D eigenvalue weighted by molar-refractivity contribution is 0.432. The van der Waals surface area contributed by atoms with Crippen LogP contribution in [0.1, 0.15) is 26.2 Å². The standard InChI is InChI=1S/C8H14OS/c1-6-5-10(9)8-4-2-3-7(6)8/h6-8H,2-5H2,1H3. The molecule has 1 saturated heterocycles. The molecule has 1 nitrogen and oxygen atoms in total. The normalized spacial score (nSPS) is 53.4. The maximum Gasteiger partial charge on any atom is 0.118 e. The van der Waals surface area contributed by atoms with E-state index in [9.17, 15) is 4.55 Å². The minimum atomic E-state index is -0.458. The topological polar surface area (TPSA) is 23.1 Å². The van der Waals surface area contributed by atoms with Gasteiger partial charge in [-0.25, -0.2) is 0 Å². The molecule has 0 spiro atoms. The van der Waals surface area contributed by atoms with Gasteiger partial charge in [-0.2, -0.15) is 0 Å². The maximum absolute atomic E-state index is 11.4. The monoisotopic (exact) mass is 158 g/mol. The van der Waals surface area contributed by atoms with Gasteiger partial charge in [-0.05, 0) is 19.3 Å². The van der Waals surface area contributed by atoms with Crippen LogP contribution in [0.4, 0.5) is 0 Å². The van der Waals surface area contributed by atoms with Crippen molar-refractivity contribution in [3.05, 3.63) is 0 Å². The van der Waals surface area contributed by atoms with Crippen molar-refractivity contribution < 1.29 is 4.55 Å². The minimum Gasteiger partial charge on any atom is -0.616 e. The van der Waals surface area contributed by atoms with Gasteiger partial charge < -0.3 is 4.55 Å². The predicted molar refractivity (Wildman–Crippen MR) is 43.3 cm³/mol. The van der Waals surface area contributed by atoms with E-state index >= 15 is 0 Å². The summed E-state index contributed by atoms with van der Waals surface area (Å²) in [6, 6.07) is 0. The first-order valence-electron chi connectivity index (χ1n) is 4.16. The van der Waals surface area contributed by atoms with Gasteiger partial charge in [-0.3, -0.25) is 0 Å². The third-order valence-electron chi connectivity index (χ3n) is 3.00. The van der Waals surface area contributed by atoms with Gasteiger partial charge in [0, 0.05) is 11.8 Å². The van der Waals surface area contributed by atoms with Crippen molar-refractivity contribution in [2.24, 2.45) is 11.8 Å². The number of hydrogen-bond acceptors (Lipinski definition) is 1. The van der Waals surface area contributed by atoms with Gasteiger partial charge in [0.05, 0.1) is 0 Å². The van der Waals surface area contributed by atoms with E-state index < -0.39 is 11.2 Å². The molecule has 2 aliphatic rings. The minimum absolute atomic E-state index is 0.458. The summed E-state index contributed by atoms with van der Waals surface area (Å²) in [5, 5.41) is 0.593. The van der Waals surface area contributed by atoms with Crippen LogP contribution in [0.2, 0.25) is 0 Å². The molecular formula is C8H14OS. The lowest BCUT2D eigenvalue weighted by atomic mass is 9.95. The van der Waals surface area contributed by atoms with Crippen molar-refractivity contribution in [1.29, 1.82) is 0 Å². The summed E-state index contributed by atoms with van der Waals surface area (Å²) in [6.07, 6.45) is 3.91. The van der Waals surface area contributed by atoms with E-state index in [4.69, 9.17) is 0 Å². The fourth-order valence-corrected chi connectivity index (χ4v) is 4.67. The van der Waals surface area contributed by atoms with Gasteiger partial charge >= 0.3 is 0 Å². The van der Waals surface area contributed by atoms with Crippen LogP contribution in [-0.4, -0.2) is 15.6 Å². The van der Waals surface area contributed by atoms with Gasteiger partial charge in [-0.1, -0.05) is 18.1 Å². The van der Waals surface area contributed by atoms with E-state index in [1.165, 1.54) is 19.3 Å². The SMILES string of the molecule is CC1C[S+]([O-])C2CCCC12. The summed E-state index contributed by atoms with van der Waals surface area (Å²) in [4.78, 5) is 0. The second-order valence-corrected chi connectivity index (χ2v) is 5.36. The van der Waals surface area contributed by atoms with Crippen molar-refractivity contribution in [2.45, 2.75) is 31.4 Å². The van der Waals surface area contributed by atoms with E-state index in [0.717, 1.165) is 17.6 Å². The molecule has 0 aromatic carbocycles. The highest BCUT2D eigenvalue weighted by molar-refractivity contribution is 7.92. The molecule has 0 radical (unpaired) electrons. The van der Waals surface area contributed by atoms with Gasteiger partial charge in [-0.15, -0.1) is 0 Å². The Morgan fingerprint density at radius 1 is 1.40 bits per heavy atom. The molecule has 0 aromatic rings. The van der Waals surface area contributed by atoms with Crippen LogP contribution >= 0.6 is 0 Å². The zero-order valence-corrected chi connectivity index (χ0v) is 7.19. The Morgan fingerprint density at radius 2 is 2.20 bits per heavy atom. The molecule has 1 heterocycles. The van der Waals surface area contributed by atoms with Crippen LogP contribution in [0, 0.1) is 11.8 Å². The fraction of sp³-hybridized carbons (Fsp3) is 1.00. The van der Waals surface area contributed by atoms with Crippen LogP contribution in [-0.2, 0) is 11.2 Å². The number of fused-ring (bicyclic) bond motifs is 1. The van der Waals surface area contributed by atoms with Crippen molar-refractivity contribution in [3.8, 4) is 0 Å². The lowest BCUT2D eigenvalue weighted by Gasteiger charge is -2.10. The molecule has 1 aliphatic heterocycles. The summed E-state index contributed by atoms with van der Waals surface area (Å²) in [6.45, 7) is 2.26. The van der Waals surface area contributed by atoms with E-state index in [0.29, 0.717) is 5.25 Å². The zero-order valence-electron chi connectivity index (χ0n) is 6.38. The molecule has 1 aliphatic carbocycles. The maximum atomic E-state index is 11.4. The molecule has 2 fully saturated rings. The zero-order chi connectivity index (χ0) is 7.14. The molecule has 0 N–H and O–H groups in total. The van der Waals surface area contributed by atoms with Crippen LogP contribution in [0.5, 0.6) is 0 Å². The average Bonchev–Trinajstić information content (AvgIpc) is 2.39. The van der Waals surface area contributed by atoms with Crippen molar-refractivity contribution >= 4 is 11.2 Å². The highest BCUT2D eigenvalue weighted by atomic mass is 32.2. The van der Waals surface area contributed by atoms with Crippen molar-refractivity contribution in [2.75, 3.05) is 5.75 Å². The van der Waals surface area contributed by atoms with Gasteiger partial charge in [0.1, 0.15) is 11.0 Å². The summed E-state index contributed by atoms with van der Waals surface area (Å²) in [5.74, 6) is 2.55. The van der Waals surface area contributed by atoms with Crippen LogP contribution in [0.25, 0.3) is 0 Å². The molecule has 58 valence electrons. The molecule has 1 saturated carbocycles. The Kier molecular flexibility index (Phi) is 1.69. The van der Waals surface area contributed by atoms with E-state index in [2.05, 4.69) is 6.92 Å². The van der Waals surface area contributed by atoms with Crippen LogP contribution < -0.4 is 0 Å². The number of rotatable bonds is 0. The van der Waals surface area contributed by atoms with Crippen molar-refractivity contribution in [1.82, 2.24) is 0 Å². The van der Waals surface area contributed by atoms with Gasteiger partial charge in [0.25, 0.3) is 0 Å². The van der Waals surface area contributed by atoms with Gasteiger partial charge in [0.15, 0.2) is 0 Å². The largest absolute Gasteiger partial charge is 0.616 e. The lowest BCUT2D eigenvalue weighted by Crippen LogP contribution is -2.16. The predicted octanol–water partition coefficient (Wildman–Crippen LogP) is 1.55. The Balaban J connectivity index is 2.11. The second-order valence-electron chi connectivity index (χ2n) is 3.66. The Hall–Kier alpha value is 0.310. The Labute approximate surface area is 65.4 Å². The summed E-state index contributed by atoms with van der Waals surface area (Å²) < 4.78 is 11.4. The molecule has 0 aromatic heterocycles. The van der Waals surface area contributed by atoms with E-state index in [1.54, 1.807) is 0 Å². The summed E-state index contributed by atoms with van der Waals surface area (Å²) in [7, 11) is 0.